The summed E-state index contributed by atoms with van der Waals surface area (Å²) in [5, 5.41) is 3.43. The van der Waals surface area contributed by atoms with Crippen LogP contribution in [0, 0.1) is 0 Å². The number of hydrogen-bond donors (Lipinski definition) is 1. The van der Waals surface area contributed by atoms with Crippen molar-refractivity contribution >= 4 is 17.7 Å². The van der Waals surface area contributed by atoms with Crippen molar-refractivity contribution in [2.45, 2.75) is 36.7 Å². The van der Waals surface area contributed by atoms with E-state index < -0.39 is 0 Å². The lowest BCUT2D eigenvalue weighted by molar-refractivity contribution is -0.131. The molecule has 1 saturated heterocycles. The van der Waals surface area contributed by atoms with Gasteiger partial charge in [0.25, 0.3) is 0 Å². The molecule has 2 aromatic rings. The number of carbonyl (C=O) groups excluding carboxylic acids is 1. The Labute approximate surface area is 153 Å². The molecular weight excluding hydrogens is 332 g/mol. The normalized spacial score (nSPS) is 17.7. The molecule has 25 heavy (non-hydrogen) atoms. The Morgan fingerprint density at radius 3 is 2.84 bits per heavy atom. The van der Waals surface area contributed by atoms with Crippen LogP contribution in [0.2, 0.25) is 0 Å². The Kier molecular flexibility index (Phi) is 6.82. The van der Waals surface area contributed by atoms with Gasteiger partial charge in [-0.05, 0) is 56.6 Å². The summed E-state index contributed by atoms with van der Waals surface area (Å²) in [6, 6.07) is 10.0. The third-order valence-electron chi connectivity index (χ3n) is 4.38. The number of nitrogens with one attached hydrogen (secondary N) is 1. The lowest BCUT2D eigenvalue weighted by atomic mass is 10.1. The smallest absolute Gasteiger partial charge is 0.233 e. The number of pyridine rings is 2. The third kappa shape index (κ3) is 5.54. The van der Waals surface area contributed by atoms with Crippen LogP contribution in [0.5, 0.6) is 0 Å². The maximum absolute atomic E-state index is 13.0. The second kappa shape index (κ2) is 9.53. The quantitative estimate of drug-likeness (QED) is 0.807. The Hall–Kier alpha value is -1.92. The summed E-state index contributed by atoms with van der Waals surface area (Å²) in [7, 11) is 0. The molecule has 3 heterocycles. The SMILES string of the molecule is O=C(CSc1ccncc1)N(Cc1ccccn1)C1CCCNCC1. The molecule has 2 aromatic heterocycles. The van der Waals surface area contributed by atoms with Crippen LogP contribution in [0.1, 0.15) is 25.0 Å². The van der Waals surface area contributed by atoms with E-state index in [2.05, 4.69) is 15.3 Å². The van der Waals surface area contributed by atoms with Crippen molar-refractivity contribution in [2.75, 3.05) is 18.8 Å². The summed E-state index contributed by atoms with van der Waals surface area (Å²) < 4.78 is 0. The van der Waals surface area contributed by atoms with Crippen LogP contribution in [0.3, 0.4) is 0 Å². The lowest BCUT2D eigenvalue weighted by Crippen LogP contribution is -2.41. The summed E-state index contributed by atoms with van der Waals surface area (Å²) in [6.07, 6.45) is 8.46. The van der Waals surface area contributed by atoms with Crippen LogP contribution in [-0.2, 0) is 11.3 Å². The molecule has 0 bridgehead atoms. The number of nitrogens with zero attached hydrogens (tertiary/aromatic N) is 3. The van der Waals surface area contributed by atoms with Gasteiger partial charge < -0.3 is 10.2 Å². The first-order valence-corrected chi connectivity index (χ1v) is 9.74. The van der Waals surface area contributed by atoms with E-state index in [0.717, 1.165) is 42.9 Å². The van der Waals surface area contributed by atoms with Crippen molar-refractivity contribution in [1.82, 2.24) is 20.2 Å². The largest absolute Gasteiger partial charge is 0.333 e. The van der Waals surface area contributed by atoms with E-state index in [1.54, 1.807) is 30.4 Å². The molecule has 6 heteroatoms. The van der Waals surface area contributed by atoms with Crippen molar-refractivity contribution in [2.24, 2.45) is 0 Å². The molecule has 1 unspecified atom stereocenters. The molecule has 1 N–H and O–H groups in total. The van der Waals surface area contributed by atoms with Crippen molar-refractivity contribution in [3.8, 4) is 0 Å². The summed E-state index contributed by atoms with van der Waals surface area (Å²) in [5.41, 5.74) is 0.946. The average Bonchev–Trinajstić information content (AvgIpc) is 2.95. The monoisotopic (exact) mass is 356 g/mol. The van der Waals surface area contributed by atoms with Gasteiger partial charge in [-0.1, -0.05) is 6.07 Å². The summed E-state index contributed by atoms with van der Waals surface area (Å²) in [4.78, 5) is 24.5. The van der Waals surface area contributed by atoms with E-state index in [9.17, 15) is 4.79 Å². The molecule has 1 amide bonds. The van der Waals surface area contributed by atoms with E-state index in [4.69, 9.17) is 0 Å². The molecule has 0 radical (unpaired) electrons. The first-order chi connectivity index (χ1) is 12.3. The van der Waals surface area contributed by atoms with Gasteiger partial charge in [0.2, 0.25) is 5.91 Å². The van der Waals surface area contributed by atoms with Crippen LogP contribution in [0.25, 0.3) is 0 Å². The van der Waals surface area contributed by atoms with Gasteiger partial charge in [-0.15, -0.1) is 11.8 Å². The number of hydrogen-bond acceptors (Lipinski definition) is 5. The van der Waals surface area contributed by atoms with Crippen LogP contribution in [-0.4, -0.2) is 45.7 Å². The molecule has 5 nitrogen and oxygen atoms in total. The summed E-state index contributed by atoms with van der Waals surface area (Å²) in [6.45, 7) is 2.59. The van der Waals surface area contributed by atoms with Crippen LogP contribution >= 0.6 is 11.8 Å². The fraction of sp³-hybridized carbons (Fsp3) is 0.421. The average molecular weight is 356 g/mol. The molecule has 3 rings (SSSR count). The highest BCUT2D eigenvalue weighted by molar-refractivity contribution is 8.00. The van der Waals surface area contributed by atoms with Gasteiger partial charge in [0.05, 0.1) is 18.0 Å². The summed E-state index contributed by atoms with van der Waals surface area (Å²) >= 11 is 1.57. The molecule has 0 spiro atoms. The van der Waals surface area contributed by atoms with Crippen molar-refractivity contribution in [3.05, 3.63) is 54.6 Å². The Bertz CT molecular complexity index is 645. The topological polar surface area (TPSA) is 58.1 Å². The van der Waals surface area contributed by atoms with E-state index in [1.165, 1.54) is 0 Å². The highest BCUT2D eigenvalue weighted by Gasteiger charge is 2.25. The molecule has 1 fully saturated rings. The Morgan fingerprint density at radius 2 is 2.04 bits per heavy atom. The van der Waals surface area contributed by atoms with Gasteiger partial charge in [0, 0.05) is 29.5 Å². The fourth-order valence-corrected chi connectivity index (χ4v) is 3.83. The van der Waals surface area contributed by atoms with Crippen LogP contribution < -0.4 is 5.32 Å². The van der Waals surface area contributed by atoms with Crippen molar-refractivity contribution in [3.63, 3.8) is 0 Å². The number of rotatable bonds is 6. The van der Waals surface area contributed by atoms with Crippen LogP contribution in [0.15, 0.2) is 53.8 Å². The zero-order valence-corrected chi connectivity index (χ0v) is 15.1. The highest BCUT2D eigenvalue weighted by Crippen LogP contribution is 2.21. The Balaban J connectivity index is 1.68. The maximum atomic E-state index is 13.0. The maximum Gasteiger partial charge on any atom is 0.233 e. The summed E-state index contributed by atoms with van der Waals surface area (Å²) in [5.74, 6) is 0.625. The van der Waals surface area contributed by atoms with Gasteiger partial charge in [0.15, 0.2) is 0 Å². The van der Waals surface area contributed by atoms with E-state index in [-0.39, 0.29) is 11.9 Å². The van der Waals surface area contributed by atoms with E-state index in [0.29, 0.717) is 12.3 Å². The Morgan fingerprint density at radius 1 is 1.16 bits per heavy atom. The van der Waals surface area contributed by atoms with Crippen molar-refractivity contribution in [1.29, 1.82) is 0 Å². The molecular formula is C19H24N4OS. The van der Waals surface area contributed by atoms with Crippen LogP contribution in [0.4, 0.5) is 0 Å². The fourth-order valence-electron chi connectivity index (χ4n) is 3.06. The van der Waals surface area contributed by atoms with E-state index in [1.807, 2.05) is 35.2 Å². The lowest BCUT2D eigenvalue weighted by Gasteiger charge is -2.31. The molecule has 0 aliphatic carbocycles. The zero-order valence-electron chi connectivity index (χ0n) is 14.3. The standard InChI is InChI=1S/C19H24N4OS/c24-19(15-25-18-7-12-21-13-8-18)23(14-16-4-1-2-10-22-16)17-5-3-9-20-11-6-17/h1-2,4,7-8,10,12-13,17,20H,3,5-6,9,11,14-15H2. The minimum absolute atomic E-state index is 0.180. The predicted molar refractivity (Wildman–Crippen MR) is 100 cm³/mol. The zero-order chi connectivity index (χ0) is 17.3. The molecule has 132 valence electrons. The van der Waals surface area contributed by atoms with Gasteiger partial charge in [-0.2, -0.15) is 0 Å². The third-order valence-corrected chi connectivity index (χ3v) is 5.37. The van der Waals surface area contributed by atoms with Crippen molar-refractivity contribution < 1.29 is 4.79 Å². The predicted octanol–water partition coefficient (Wildman–Crippen LogP) is 2.74. The minimum atomic E-state index is 0.180. The van der Waals surface area contributed by atoms with Gasteiger partial charge in [-0.25, -0.2) is 0 Å². The van der Waals surface area contributed by atoms with E-state index >= 15 is 0 Å². The number of thioether (sulfide) groups is 1. The van der Waals surface area contributed by atoms with Gasteiger partial charge in [0.1, 0.15) is 0 Å². The molecule has 0 saturated carbocycles. The second-order valence-electron chi connectivity index (χ2n) is 6.15. The first-order valence-electron chi connectivity index (χ1n) is 8.76. The molecule has 1 aliphatic rings. The second-order valence-corrected chi connectivity index (χ2v) is 7.20. The van der Waals surface area contributed by atoms with Gasteiger partial charge >= 0.3 is 0 Å². The molecule has 0 aromatic carbocycles. The van der Waals surface area contributed by atoms with Gasteiger partial charge in [-0.3, -0.25) is 14.8 Å². The first kappa shape index (κ1) is 17.9. The highest BCUT2D eigenvalue weighted by atomic mass is 32.2. The minimum Gasteiger partial charge on any atom is -0.333 e. The number of carbonyl (C=O) groups is 1. The molecule has 1 atom stereocenters. The number of amides is 1. The number of aromatic nitrogens is 2. The molecule has 1 aliphatic heterocycles.